The first-order valence-corrected chi connectivity index (χ1v) is 24.4. The lowest BCUT2D eigenvalue weighted by Crippen LogP contribution is -2.34. The molecule has 4 nitrogen and oxygen atoms in total. The summed E-state index contributed by atoms with van der Waals surface area (Å²) in [5.41, 5.74) is 8.26. The zero-order valence-corrected chi connectivity index (χ0v) is 37.7. The van der Waals surface area contributed by atoms with Crippen LogP contribution in [0.2, 0.25) is 0 Å². The number of fused-ring (bicyclic) bond motifs is 3. The van der Waals surface area contributed by atoms with Crippen molar-refractivity contribution in [2.45, 2.75) is 128 Å². The molecule has 4 heteroatoms. The van der Waals surface area contributed by atoms with Crippen LogP contribution in [0.4, 0.5) is 5.69 Å². The molecule has 6 aromatic carbocycles. The van der Waals surface area contributed by atoms with Gasteiger partial charge in [-0.15, -0.1) is 0 Å². The Morgan fingerprint density at radius 1 is 0.571 bits per heavy atom. The van der Waals surface area contributed by atoms with Gasteiger partial charge in [0.1, 0.15) is 11.5 Å². The summed E-state index contributed by atoms with van der Waals surface area (Å²) in [5, 5.41) is 2.36. The van der Waals surface area contributed by atoms with Gasteiger partial charge in [-0.1, -0.05) is 200 Å². The molecule has 2 heterocycles. The Kier molecular flexibility index (Phi) is 15.5. The highest BCUT2D eigenvalue weighted by atomic mass is 16.5. The second kappa shape index (κ2) is 22.1. The van der Waals surface area contributed by atoms with E-state index in [-0.39, 0.29) is 5.97 Å². The van der Waals surface area contributed by atoms with Crippen molar-refractivity contribution in [2.75, 3.05) is 18.0 Å². The molecule has 1 atom stereocenters. The molecule has 0 amide bonds. The van der Waals surface area contributed by atoms with Gasteiger partial charge in [0, 0.05) is 41.9 Å². The van der Waals surface area contributed by atoms with Crippen LogP contribution < -0.4 is 14.4 Å². The van der Waals surface area contributed by atoms with Gasteiger partial charge >= 0.3 is 5.97 Å². The van der Waals surface area contributed by atoms with E-state index in [1.54, 1.807) is 0 Å². The van der Waals surface area contributed by atoms with Crippen LogP contribution in [0.1, 0.15) is 139 Å². The zero-order chi connectivity index (χ0) is 43.1. The SMILES string of the molecule is CCCCCCCCCCCCCCCCCC(=O)Oc1ccc(-c2ccc(-c3cc4c(c5ccccc35)C=CC(c3ccccc3)(c3ccc(N5CCCC5)cc3)O4)cc2)cc1. The summed E-state index contributed by atoms with van der Waals surface area (Å²) in [7, 11) is 0. The Bertz CT molecular complexity index is 2380. The number of rotatable bonds is 22. The molecule has 0 saturated carbocycles. The molecule has 2 aliphatic rings. The van der Waals surface area contributed by atoms with Gasteiger partial charge < -0.3 is 14.4 Å². The molecule has 0 spiro atoms. The molecule has 1 saturated heterocycles. The van der Waals surface area contributed by atoms with Crippen LogP contribution in [0.3, 0.4) is 0 Å². The first kappa shape index (κ1) is 44.0. The van der Waals surface area contributed by atoms with Crippen LogP contribution in [0.5, 0.6) is 11.5 Å². The Labute approximate surface area is 377 Å². The number of ether oxygens (including phenoxy) is 2. The maximum absolute atomic E-state index is 12.7. The largest absolute Gasteiger partial charge is 0.473 e. The van der Waals surface area contributed by atoms with Crippen molar-refractivity contribution in [1.29, 1.82) is 0 Å². The van der Waals surface area contributed by atoms with Crippen molar-refractivity contribution < 1.29 is 14.3 Å². The quantitative estimate of drug-likeness (QED) is 0.0388. The Hall–Kier alpha value is -5.61. The van der Waals surface area contributed by atoms with Gasteiger partial charge in [-0.05, 0) is 94.8 Å². The normalized spacial score (nSPS) is 15.7. The van der Waals surface area contributed by atoms with Crippen molar-refractivity contribution in [3.8, 4) is 33.8 Å². The van der Waals surface area contributed by atoms with Crippen molar-refractivity contribution in [1.82, 2.24) is 0 Å². The number of carbonyl (C=O) groups excluding carboxylic acids is 1. The molecule has 0 aliphatic carbocycles. The zero-order valence-electron chi connectivity index (χ0n) is 37.7. The Morgan fingerprint density at radius 2 is 1.10 bits per heavy atom. The lowest BCUT2D eigenvalue weighted by atomic mass is 9.82. The minimum absolute atomic E-state index is 0.144. The number of unbranched alkanes of at least 4 members (excludes halogenated alkanes) is 14. The third-order valence-corrected chi connectivity index (χ3v) is 13.4. The van der Waals surface area contributed by atoms with Crippen molar-refractivity contribution in [3.05, 3.63) is 156 Å². The predicted molar refractivity (Wildman–Crippen MR) is 265 cm³/mol. The Morgan fingerprint density at radius 3 is 1.71 bits per heavy atom. The second-order valence-corrected chi connectivity index (χ2v) is 17.9. The molecule has 63 heavy (non-hydrogen) atoms. The molecule has 2 aliphatic heterocycles. The number of nitrogens with zero attached hydrogens (tertiary/aromatic N) is 1. The average molecular weight is 838 g/mol. The number of carbonyl (C=O) groups is 1. The van der Waals surface area contributed by atoms with Crippen LogP contribution in [0, 0.1) is 0 Å². The van der Waals surface area contributed by atoms with Gasteiger partial charge in [0.05, 0.1) is 0 Å². The topological polar surface area (TPSA) is 38.8 Å². The molecule has 0 aromatic heterocycles. The van der Waals surface area contributed by atoms with E-state index in [0.717, 1.165) is 70.6 Å². The number of anilines is 1. The summed E-state index contributed by atoms with van der Waals surface area (Å²) in [6, 6.07) is 47.1. The number of hydrogen-bond donors (Lipinski definition) is 0. The van der Waals surface area contributed by atoms with E-state index < -0.39 is 5.60 Å². The lowest BCUT2D eigenvalue weighted by Gasteiger charge is -2.37. The van der Waals surface area contributed by atoms with E-state index in [0.29, 0.717) is 12.2 Å². The second-order valence-electron chi connectivity index (χ2n) is 17.9. The van der Waals surface area contributed by atoms with Crippen LogP contribution in [-0.2, 0) is 10.4 Å². The first-order valence-electron chi connectivity index (χ1n) is 24.4. The third-order valence-electron chi connectivity index (χ3n) is 13.4. The minimum atomic E-state index is -0.770. The van der Waals surface area contributed by atoms with Crippen molar-refractivity contribution in [2.24, 2.45) is 0 Å². The molecule has 8 rings (SSSR count). The molecule has 1 fully saturated rings. The fourth-order valence-corrected chi connectivity index (χ4v) is 9.71. The third kappa shape index (κ3) is 11.1. The summed E-state index contributed by atoms with van der Waals surface area (Å²) < 4.78 is 13.0. The summed E-state index contributed by atoms with van der Waals surface area (Å²) in [6.45, 7) is 4.52. The first-order chi connectivity index (χ1) is 31.1. The summed E-state index contributed by atoms with van der Waals surface area (Å²) in [5.74, 6) is 1.33. The minimum Gasteiger partial charge on any atom is -0.473 e. The van der Waals surface area contributed by atoms with Crippen LogP contribution >= 0.6 is 0 Å². The van der Waals surface area contributed by atoms with Crippen LogP contribution in [0.25, 0.3) is 39.1 Å². The van der Waals surface area contributed by atoms with E-state index in [2.05, 4.69) is 133 Å². The van der Waals surface area contributed by atoms with E-state index in [9.17, 15) is 4.79 Å². The molecular formula is C59H67NO3. The lowest BCUT2D eigenvalue weighted by molar-refractivity contribution is -0.134. The number of hydrogen-bond acceptors (Lipinski definition) is 4. The molecule has 1 unspecified atom stereocenters. The standard InChI is InChI=1S/C59H67NO3/c1-2-3-4-5-6-7-8-9-10-11-12-13-14-15-19-28-58(61)62-52-39-33-47(34-40-52)46-29-31-48(32-30-46)56-45-57-55(53-26-20-21-27-54(53)56)41-42-59(63-57,49-24-17-16-18-25-49)50-35-37-51(38-36-50)60-43-22-23-44-60/h16-18,20-21,24-27,29-42,45H,2-15,19,22-23,28,43-44H2,1H3. The average Bonchev–Trinajstić information content (AvgIpc) is 3.89. The highest BCUT2D eigenvalue weighted by Crippen LogP contribution is 2.47. The van der Waals surface area contributed by atoms with Gasteiger partial charge in [-0.25, -0.2) is 0 Å². The van der Waals surface area contributed by atoms with Crippen LogP contribution in [0.15, 0.2) is 140 Å². The molecule has 0 N–H and O–H groups in total. The fourth-order valence-electron chi connectivity index (χ4n) is 9.71. The van der Waals surface area contributed by atoms with Gasteiger partial charge in [-0.3, -0.25) is 4.79 Å². The van der Waals surface area contributed by atoms with E-state index in [1.807, 2.05) is 24.3 Å². The van der Waals surface area contributed by atoms with E-state index in [1.165, 1.54) is 113 Å². The summed E-state index contributed by atoms with van der Waals surface area (Å²) in [4.78, 5) is 15.1. The van der Waals surface area contributed by atoms with E-state index >= 15 is 0 Å². The molecule has 0 bridgehead atoms. The van der Waals surface area contributed by atoms with Gasteiger partial charge in [-0.2, -0.15) is 0 Å². The molecular weight excluding hydrogens is 771 g/mol. The number of benzene rings is 6. The monoisotopic (exact) mass is 838 g/mol. The molecule has 0 radical (unpaired) electrons. The van der Waals surface area contributed by atoms with E-state index in [4.69, 9.17) is 9.47 Å². The van der Waals surface area contributed by atoms with Crippen molar-refractivity contribution >= 4 is 28.5 Å². The molecule has 326 valence electrons. The highest BCUT2D eigenvalue weighted by molar-refractivity contribution is 6.03. The smallest absolute Gasteiger partial charge is 0.311 e. The highest BCUT2D eigenvalue weighted by Gasteiger charge is 2.38. The maximum atomic E-state index is 12.7. The van der Waals surface area contributed by atoms with Gasteiger partial charge in [0.15, 0.2) is 5.60 Å². The fraction of sp³-hybridized carbons (Fsp3) is 0.373. The number of esters is 1. The maximum Gasteiger partial charge on any atom is 0.311 e. The van der Waals surface area contributed by atoms with Gasteiger partial charge in [0.25, 0.3) is 0 Å². The summed E-state index contributed by atoms with van der Waals surface area (Å²) >= 11 is 0. The van der Waals surface area contributed by atoms with Crippen molar-refractivity contribution in [3.63, 3.8) is 0 Å². The van der Waals surface area contributed by atoms with Gasteiger partial charge in [0.2, 0.25) is 0 Å². The summed E-state index contributed by atoms with van der Waals surface area (Å²) in [6.07, 6.45) is 27.2. The Balaban J connectivity index is 0.871. The molecule has 6 aromatic rings. The van der Waals surface area contributed by atoms with Crippen LogP contribution in [-0.4, -0.2) is 19.1 Å². The predicted octanol–water partition coefficient (Wildman–Crippen LogP) is 16.3.